The predicted octanol–water partition coefficient (Wildman–Crippen LogP) is 3.36. The molecule has 0 saturated carbocycles. The minimum atomic E-state index is -3.75. The molecule has 7 nitrogen and oxygen atoms in total. The van der Waals surface area contributed by atoms with Gasteiger partial charge in [0.1, 0.15) is 12.6 Å². The van der Waals surface area contributed by atoms with Crippen LogP contribution < -0.4 is 9.62 Å². The van der Waals surface area contributed by atoms with Crippen molar-refractivity contribution in [3.8, 4) is 0 Å². The normalized spacial score (nSPS) is 12.3. The highest BCUT2D eigenvalue weighted by atomic mass is 35.5. The van der Waals surface area contributed by atoms with Gasteiger partial charge in [-0.25, -0.2) is 8.42 Å². The van der Waals surface area contributed by atoms with E-state index in [1.54, 1.807) is 49.4 Å². The van der Waals surface area contributed by atoms with E-state index in [1.807, 2.05) is 26.8 Å². The van der Waals surface area contributed by atoms with Gasteiger partial charge in [0.05, 0.1) is 11.9 Å². The molecule has 1 N–H and O–H groups in total. The van der Waals surface area contributed by atoms with Crippen molar-refractivity contribution in [3.63, 3.8) is 0 Å². The Morgan fingerprint density at radius 2 is 1.72 bits per heavy atom. The smallest absolute Gasteiger partial charge is 0.244 e. The Balaban J connectivity index is 2.40. The number of sulfonamides is 1. The number of nitrogens with one attached hydrogen (secondary N) is 1. The van der Waals surface area contributed by atoms with Crippen LogP contribution in [0.15, 0.2) is 48.5 Å². The molecule has 0 aromatic heterocycles. The number of amides is 2. The standard InChI is InChI=1S/C23H30ClN3O4S/c1-16(2)25-23(29)18(4)26(14-19-10-6-7-12-21(19)24)22(28)15-27(32(5,30)31)20-11-8-9-17(3)13-20/h6-13,16,18H,14-15H2,1-5H3,(H,25,29)/t18-/m0/s1. The fourth-order valence-corrected chi connectivity index (χ4v) is 4.23. The van der Waals surface area contributed by atoms with Gasteiger partial charge in [-0.15, -0.1) is 0 Å². The molecule has 9 heteroatoms. The van der Waals surface area contributed by atoms with E-state index in [4.69, 9.17) is 11.6 Å². The summed E-state index contributed by atoms with van der Waals surface area (Å²) in [6.07, 6.45) is 1.05. The van der Waals surface area contributed by atoms with Crippen LogP contribution in [0.25, 0.3) is 0 Å². The molecule has 0 unspecified atom stereocenters. The van der Waals surface area contributed by atoms with Crippen LogP contribution in [0.2, 0.25) is 5.02 Å². The second-order valence-corrected chi connectivity index (χ2v) is 10.4. The van der Waals surface area contributed by atoms with Crippen molar-refractivity contribution in [1.82, 2.24) is 10.2 Å². The quantitative estimate of drug-likeness (QED) is 0.597. The van der Waals surface area contributed by atoms with Gasteiger partial charge in [-0.1, -0.05) is 41.9 Å². The average molecular weight is 480 g/mol. The summed E-state index contributed by atoms with van der Waals surface area (Å²) in [5, 5.41) is 3.26. The minimum Gasteiger partial charge on any atom is -0.352 e. The Hall–Kier alpha value is -2.58. The summed E-state index contributed by atoms with van der Waals surface area (Å²) in [5.74, 6) is -0.842. The molecular weight excluding hydrogens is 450 g/mol. The SMILES string of the molecule is Cc1cccc(N(CC(=O)N(Cc2ccccc2Cl)[C@@H](C)C(=O)NC(C)C)S(C)(=O)=O)c1. The minimum absolute atomic E-state index is 0.0661. The lowest BCUT2D eigenvalue weighted by atomic mass is 10.1. The third-order valence-electron chi connectivity index (χ3n) is 4.87. The summed E-state index contributed by atoms with van der Waals surface area (Å²) in [6.45, 7) is 6.74. The van der Waals surface area contributed by atoms with Gasteiger partial charge in [-0.2, -0.15) is 0 Å². The molecule has 32 heavy (non-hydrogen) atoms. The highest BCUT2D eigenvalue weighted by Crippen LogP contribution is 2.22. The first-order chi connectivity index (χ1) is 14.9. The van der Waals surface area contributed by atoms with Crippen molar-refractivity contribution in [2.45, 2.75) is 46.3 Å². The Morgan fingerprint density at radius 3 is 2.28 bits per heavy atom. The molecule has 2 amide bonds. The van der Waals surface area contributed by atoms with E-state index in [1.165, 1.54) is 4.90 Å². The number of carbonyl (C=O) groups is 2. The number of halogens is 1. The van der Waals surface area contributed by atoms with Gasteiger partial charge in [-0.3, -0.25) is 13.9 Å². The van der Waals surface area contributed by atoms with Gasteiger partial charge in [0.15, 0.2) is 0 Å². The van der Waals surface area contributed by atoms with Crippen LogP contribution in [-0.4, -0.2) is 50.0 Å². The molecule has 2 aromatic carbocycles. The molecule has 0 heterocycles. The van der Waals surface area contributed by atoms with E-state index in [-0.39, 0.29) is 18.5 Å². The highest BCUT2D eigenvalue weighted by molar-refractivity contribution is 7.92. The maximum Gasteiger partial charge on any atom is 0.244 e. The number of hydrogen-bond acceptors (Lipinski definition) is 4. The molecule has 0 saturated heterocycles. The summed E-state index contributed by atoms with van der Waals surface area (Å²) >= 11 is 6.29. The maximum absolute atomic E-state index is 13.4. The van der Waals surface area contributed by atoms with Crippen molar-refractivity contribution in [3.05, 3.63) is 64.7 Å². The Kier molecular flexibility index (Phi) is 8.69. The molecule has 0 aliphatic rings. The number of anilines is 1. The van der Waals surface area contributed by atoms with Gasteiger partial charge in [0.2, 0.25) is 21.8 Å². The lowest BCUT2D eigenvalue weighted by Gasteiger charge is -2.32. The van der Waals surface area contributed by atoms with Crippen molar-refractivity contribution < 1.29 is 18.0 Å². The van der Waals surface area contributed by atoms with Crippen molar-refractivity contribution in [1.29, 1.82) is 0 Å². The lowest BCUT2D eigenvalue weighted by molar-refractivity contribution is -0.139. The third-order valence-corrected chi connectivity index (χ3v) is 6.37. The first-order valence-corrected chi connectivity index (χ1v) is 12.5. The number of carbonyl (C=O) groups excluding carboxylic acids is 2. The van der Waals surface area contributed by atoms with Crippen LogP contribution in [-0.2, 0) is 26.2 Å². The summed E-state index contributed by atoms with van der Waals surface area (Å²) in [5.41, 5.74) is 1.91. The van der Waals surface area contributed by atoms with E-state index in [2.05, 4.69) is 5.32 Å². The number of aryl methyl sites for hydroxylation is 1. The van der Waals surface area contributed by atoms with E-state index < -0.39 is 28.5 Å². The topological polar surface area (TPSA) is 86.8 Å². The first-order valence-electron chi connectivity index (χ1n) is 10.3. The van der Waals surface area contributed by atoms with E-state index in [0.29, 0.717) is 16.3 Å². The number of benzene rings is 2. The molecule has 0 radical (unpaired) electrons. The zero-order chi connectivity index (χ0) is 24.1. The molecule has 2 aromatic rings. The second kappa shape index (κ2) is 10.8. The van der Waals surface area contributed by atoms with Crippen LogP contribution in [0.5, 0.6) is 0 Å². The van der Waals surface area contributed by atoms with Gasteiger partial charge < -0.3 is 10.2 Å². The zero-order valence-electron chi connectivity index (χ0n) is 19.0. The maximum atomic E-state index is 13.4. The average Bonchev–Trinajstić information content (AvgIpc) is 2.69. The van der Waals surface area contributed by atoms with Gasteiger partial charge in [-0.05, 0) is 57.0 Å². The predicted molar refractivity (Wildman–Crippen MR) is 128 cm³/mol. The first kappa shape index (κ1) is 25.7. The van der Waals surface area contributed by atoms with Gasteiger partial charge in [0, 0.05) is 17.6 Å². The molecule has 0 spiro atoms. The fraction of sp³-hybridized carbons (Fsp3) is 0.391. The zero-order valence-corrected chi connectivity index (χ0v) is 20.6. The molecule has 0 fully saturated rings. The Bertz CT molecular complexity index is 1070. The van der Waals surface area contributed by atoms with E-state index >= 15 is 0 Å². The summed E-state index contributed by atoms with van der Waals surface area (Å²) in [7, 11) is -3.75. The molecule has 0 bridgehead atoms. The number of rotatable bonds is 9. The largest absolute Gasteiger partial charge is 0.352 e. The van der Waals surface area contributed by atoms with E-state index in [9.17, 15) is 18.0 Å². The second-order valence-electron chi connectivity index (χ2n) is 8.06. The summed E-state index contributed by atoms with van der Waals surface area (Å²) in [4.78, 5) is 27.5. The molecule has 0 aliphatic carbocycles. The van der Waals surface area contributed by atoms with E-state index in [0.717, 1.165) is 16.1 Å². The molecule has 174 valence electrons. The fourth-order valence-electron chi connectivity index (χ4n) is 3.19. The summed E-state index contributed by atoms with van der Waals surface area (Å²) in [6, 6.07) is 13.0. The Morgan fingerprint density at radius 1 is 1.06 bits per heavy atom. The molecule has 0 aliphatic heterocycles. The highest BCUT2D eigenvalue weighted by Gasteiger charge is 2.30. The van der Waals surface area contributed by atoms with Crippen LogP contribution in [0.4, 0.5) is 5.69 Å². The monoisotopic (exact) mass is 479 g/mol. The molecular formula is C23H30ClN3O4S. The number of nitrogens with zero attached hydrogens (tertiary/aromatic N) is 2. The number of hydrogen-bond donors (Lipinski definition) is 1. The van der Waals surface area contributed by atoms with Gasteiger partial charge in [0.25, 0.3) is 0 Å². The van der Waals surface area contributed by atoms with Crippen LogP contribution >= 0.6 is 11.6 Å². The lowest BCUT2D eigenvalue weighted by Crippen LogP contribution is -2.52. The molecule has 1 atom stereocenters. The van der Waals surface area contributed by atoms with Gasteiger partial charge >= 0.3 is 0 Å². The van der Waals surface area contributed by atoms with Crippen molar-refractivity contribution in [2.75, 3.05) is 17.1 Å². The molecule has 2 rings (SSSR count). The summed E-state index contributed by atoms with van der Waals surface area (Å²) < 4.78 is 26.1. The van der Waals surface area contributed by atoms with Crippen LogP contribution in [0.1, 0.15) is 31.9 Å². The van der Waals surface area contributed by atoms with Crippen LogP contribution in [0.3, 0.4) is 0 Å². The Labute approximate surface area is 195 Å². The van der Waals surface area contributed by atoms with Crippen molar-refractivity contribution >= 4 is 39.1 Å². The third kappa shape index (κ3) is 6.97. The van der Waals surface area contributed by atoms with Crippen molar-refractivity contribution in [2.24, 2.45) is 0 Å². The van der Waals surface area contributed by atoms with Crippen LogP contribution in [0, 0.1) is 6.92 Å².